The van der Waals surface area contributed by atoms with Crippen LogP contribution in [0.4, 0.5) is 5.69 Å². The lowest BCUT2D eigenvalue weighted by molar-refractivity contribution is 0.590. The van der Waals surface area contributed by atoms with Crippen molar-refractivity contribution in [2.24, 2.45) is 0 Å². The summed E-state index contributed by atoms with van der Waals surface area (Å²) in [6, 6.07) is 76.4. The van der Waals surface area contributed by atoms with Crippen molar-refractivity contribution in [2.75, 3.05) is 0 Å². The first-order valence-corrected chi connectivity index (χ1v) is 30.8. The van der Waals surface area contributed by atoms with E-state index in [0.29, 0.717) is 34.3 Å². The molecule has 0 aliphatic carbocycles. The highest BCUT2D eigenvalue weighted by Gasteiger charge is 2.27. The second-order valence-electron chi connectivity index (χ2n) is 28.0. The van der Waals surface area contributed by atoms with E-state index in [1.807, 2.05) is 97.1 Å². The molecule has 90 heavy (non-hydrogen) atoms. The summed E-state index contributed by atoms with van der Waals surface area (Å²) < 4.78 is 4.72. The monoisotopic (exact) mass is 1170 g/mol. The molecule has 438 valence electrons. The summed E-state index contributed by atoms with van der Waals surface area (Å²) in [5.74, 6) is 1.24. The van der Waals surface area contributed by atoms with Gasteiger partial charge in [0, 0.05) is 49.6 Å². The van der Waals surface area contributed by atoms with Crippen LogP contribution in [-0.4, -0.2) is 24.1 Å². The fraction of sp³-hybridized carbons (Fsp3) is 0.195. The van der Waals surface area contributed by atoms with E-state index in [1.54, 1.807) is 0 Å². The topological polar surface area (TPSA) is 100 Å². The van der Waals surface area contributed by atoms with Crippen LogP contribution in [0.3, 0.4) is 0 Å². The second-order valence-corrected chi connectivity index (χ2v) is 28.0. The van der Waals surface area contributed by atoms with Crippen molar-refractivity contribution in [3.63, 3.8) is 0 Å². The summed E-state index contributed by atoms with van der Waals surface area (Å²) in [4.78, 5) is 20.9. The molecule has 0 unspecified atom stereocenters. The molecule has 8 nitrogen and oxygen atoms in total. The Labute approximate surface area is 527 Å². The number of hydrogen-bond donors (Lipinski definition) is 0. The lowest BCUT2D eigenvalue weighted by Crippen LogP contribution is -2.10. The zero-order valence-corrected chi connectivity index (χ0v) is 53.2. The normalized spacial score (nSPS) is 12.2. The Morgan fingerprint density at radius 3 is 1.02 bits per heavy atom. The van der Waals surface area contributed by atoms with E-state index in [9.17, 15) is 10.5 Å². The van der Waals surface area contributed by atoms with Gasteiger partial charge < -0.3 is 9.13 Å². The number of nitriles is 2. The number of rotatable bonds is 8. The van der Waals surface area contributed by atoms with Gasteiger partial charge in [-0.15, -0.1) is 0 Å². The first-order valence-electron chi connectivity index (χ1n) is 30.8. The minimum Gasteiger partial charge on any atom is -0.309 e. The highest BCUT2D eigenvalue weighted by Crippen LogP contribution is 2.45. The smallest absolute Gasteiger partial charge is 0.187 e. The van der Waals surface area contributed by atoms with Gasteiger partial charge in [-0.2, -0.15) is 10.5 Å². The van der Waals surface area contributed by atoms with Crippen LogP contribution < -0.4 is 0 Å². The molecule has 0 aliphatic rings. The molecule has 3 aromatic heterocycles. The molecule has 0 aliphatic heterocycles. The van der Waals surface area contributed by atoms with E-state index in [0.717, 1.165) is 83.5 Å². The summed E-state index contributed by atoms with van der Waals surface area (Å²) >= 11 is 0. The van der Waals surface area contributed by atoms with Gasteiger partial charge in [-0.25, -0.2) is 19.8 Å². The third-order valence-corrected chi connectivity index (χ3v) is 17.7. The van der Waals surface area contributed by atoms with Gasteiger partial charge in [-0.1, -0.05) is 186 Å². The van der Waals surface area contributed by atoms with Gasteiger partial charge in [-0.3, -0.25) is 0 Å². The fourth-order valence-electron chi connectivity index (χ4n) is 12.6. The van der Waals surface area contributed by atoms with Gasteiger partial charge in [0.2, 0.25) is 0 Å². The maximum atomic E-state index is 10.4. The summed E-state index contributed by atoms with van der Waals surface area (Å²) in [7, 11) is 0. The largest absolute Gasteiger partial charge is 0.309 e. The zero-order chi connectivity index (χ0) is 63.2. The number of aromatic nitrogens is 5. The van der Waals surface area contributed by atoms with Crippen molar-refractivity contribution in [3.05, 3.63) is 251 Å². The molecule has 13 rings (SSSR count). The second kappa shape index (κ2) is 21.8. The maximum absolute atomic E-state index is 10.4. The average molecular weight is 1170 g/mol. The molecule has 0 spiro atoms. The van der Waals surface area contributed by atoms with E-state index in [2.05, 4.69) is 218 Å². The molecule has 0 radical (unpaired) electrons. The molecule has 8 heteroatoms. The van der Waals surface area contributed by atoms with Crippen LogP contribution in [0.1, 0.15) is 116 Å². The van der Waals surface area contributed by atoms with Crippen molar-refractivity contribution in [3.8, 4) is 91.1 Å². The van der Waals surface area contributed by atoms with Crippen LogP contribution in [-0.2, 0) is 21.7 Å². The highest BCUT2D eigenvalue weighted by atomic mass is 15.0. The van der Waals surface area contributed by atoms with Crippen LogP contribution in [0.2, 0.25) is 0 Å². The quantitative estimate of drug-likeness (QED) is 0.141. The van der Waals surface area contributed by atoms with E-state index in [4.69, 9.17) is 21.5 Å². The van der Waals surface area contributed by atoms with Gasteiger partial charge in [0.15, 0.2) is 23.2 Å². The van der Waals surface area contributed by atoms with Crippen molar-refractivity contribution >= 4 is 49.3 Å². The predicted molar refractivity (Wildman–Crippen MR) is 372 cm³/mol. The minimum atomic E-state index is -0.0861. The molecular weight excluding hydrogens is 1100 g/mol. The molecule has 0 amide bonds. The molecule has 10 aromatic carbocycles. The number of benzene rings is 10. The number of nitrogens with zero attached hydrogens (tertiary/aromatic N) is 8. The molecule has 0 fully saturated rings. The van der Waals surface area contributed by atoms with Crippen molar-refractivity contribution in [1.82, 2.24) is 24.1 Å². The van der Waals surface area contributed by atoms with Gasteiger partial charge in [0.1, 0.15) is 0 Å². The molecule has 3 heterocycles. The van der Waals surface area contributed by atoms with Crippen molar-refractivity contribution < 1.29 is 0 Å². The molecule has 0 N–H and O–H groups in total. The van der Waals surface area contributed by atoms with Crippen molar-refractivity contribution in [1.29, 1.82) is 10.5 Å². The third-order valence-electron chi connectivity index (χ3n) is 17.7. The molecule has 0 atom stereocenters. The van der Waals surface area contributed by atoms with Gasteiger partial charge in [0.05, 0.1) is 51.9 Å². The van der Waals surface area contributed by atoms with Gasteiger partial charge in [0.25, 0.3) is 0 Å². The van der Waals surface area contributed by atoms with Gasteiger partial charge >= 0.3 is 0 Å². The Kier molecular flexibility index (Phi) is 14.2. The first kappa shape index (κ1) is 58.3. The van der Waals surface area contributed by atoms with E-state index in [1.165, 1.54) is 43.8 Å². The zero-order valence-electron chi connectivity index (χ0n) is 53.2. The molecule has 0 saturated heterocycles. The summed E-state index contributed by atoms with van der Waals surface area (Å²) in [6.07, 6.45) is 0. The van der Waals surface area contributed by atoms with Crippen LogP contribution in [0.5, 0.6) is 0 Å². The fourth-order valence-corrected chi connectivity index (χ4v) is 12.6. The van der Waals surface area contributed by atoms with Gasteiger partial charge in [-0.05, 0) is 180 Å². The van der Waals surface area contributed by atoms with E-state index >= 15 is 0 Å². The first-order chi connectivity index (χ1) is 43.0. The highest BCUT2D eigenvalue weighted by molar-refractivity contribution is 6.11. The summed E-state index contributed by atoms with van der Waals surface area (Å²) in [5.41, 5.74) is 19.5. The minimum absolute atomic E-state index is 0.0855. The third kappa shape index (κ3) is 10.6. The Balaban J connectivity index is 1.14. The molecular formula is C82H70N8. The maximum Gasteiger partial charge on any atom is 0.187 e. The Morgan fingerprint density at radius 2 is 0.667 bits per heavy atom. The number of hydrogen-bond acceptors (Lipinski definition) is 5. The van der Waals surface area contributed by atoms with Crippen LogP contribution in [0.25, 0.3) is 127 Å². The van der Waals surface area contributed by atoms with Crippen LogP contribution in [0, 0.1) is 29.2 Å². The lowest BCUT2D eigenvalue weighted by Gasteiger charge is -2.20. The Bertz CT molecular complexity index is 4800. The molecule has 0 saturated carbocycles. The Hall–Kier alpha value is -10.7. The number of fused-ring (bicyclic) bond motifs is 6. The SMILES string of the molecule is [C-]#[N+]c1cccc(-c2ccc(-n3c4ccc(C(C)(C)C)cc4c4cc(C(C)(C)C)ccc43)cc2-c2nc(-c3ccccc3-c3cccc(C#N)c3)nc(-c3cc(-n4c5ccc(C(C)(C)C)cc5c5cc(C(C)(C)C)ccc54)ccc3-c3cccc(C#N)c3)n2)c1. The molecule has 0 bridgehead atoms. The molecule has 13 aromatic rings. The Morgan fingerprint density at radius 1 is 0.333 bits per heavy atom. The van der Waals surface area contributed by atoms with E-state index < -0.39 is 0 Å². The predicted octanol–water partition coefficient (Wildman–Crippen LogP) is 21.6. The summed E-state index contributed by atoms with van der Waals surface area (Å²) in [6.45, 7) is 35.3. The lowest BCUT2D eigenvalue weighted by atomic mass is 9.85. The average Bonchev–Trinajstić information content (AvgIpc) is 1.58. The summed E-state index contributed by atoms with van der Waals surface area (Å²) in [5, 5.41) is 25.3. The van der Waals surface area contributed by atoms with E-state index in [-0.39, 0.29) is 21.7 Å². The van der Waals surface area contributed by atoms with Crippen molar-refractivity contribution in [2.45, 2.75) is 105 Å². The van der Waals surface area contributed by atoms with Crippen LogP contribution in [0.15, 0.2) is 206 Å². The van der Waals surface area contributed by atoms with Crippen LogP contribution >= 0.6 is 0 Å². The standard InChI is InChI=1S/C82H70N8/c1-79(2,3)55-27-35-72-66(42-55)67-43-56(80(4,5)6)28-36-73(67)89(72)60-31-33-63(53-22-17-20-51(40-53)49-84)70(46-60)77-86-76(65-26-15-14-25-62(65)52-21-16-19-50(39-52)48-83)87-78(88-77)71-47-61(32-34-64(71)54-23-18-24-59(41-54)85-13)90-74-37-29-57(81(7,8)9)44-68(74)69-45-58(82(10,11)12)30-38-75(69)90/h14-47H,1-12H3.